The summed E-state index contributed by atoms with van der Waals surface area (Å²) in [6, 6.07) is 4.93. The fourth-order valence-electron chi connectivity index (χ4n) is 3.38. The number of anilines is 3. The highest BCUT2D eigenvalue weighted by Gasteiger charge is 2.23. The molecule has 0 aliphatic carbocycles. The van der Waals surface area contributed by atoms with Gasteiger partial charge in [-0.2, -0.15) is 4.98 Å². The first-order valence-corrected chi connectivity index (χ1v) is 10.5. The van der Waals surface area contributed by atoms with Gasteiger partial charge in [0.05, 0.1) is 17.7 Å². The van der Waals surface area contributed by atoms with Gasteiger partial charge in [0.15, 0.2) is 5.82 Å². The number of sulfonamides is 1. The third kappa shape index (κ3) is 3.51. The first-order valence-electron chi connectivity index (χ1n) is 9.02. The number of nitrogens with one attached hydrogen (secondary N) is 1. The monoisotopic (exact) mass is 389 g/mol. The van der Waals surface area contributed by atoms with Crippen LogP contribution in [0.1, 0.15) is 18.4 Å². The maximum absolute atomic E-state index is 12.9. The molecule has 0 saturated carbocycles. The number of benzene rings is 1. The Hall–Kier alpha value is -2.55. The van der Waals surface area contributed by atoms with Gasteiger partial charge in [0, 0.05) is 33.6 Å². The Kier molecular flexibility index (Phi) is 4.55. The molecule has 1 saturated heterocycles. The average Bonchev–Trinajstić information content (AvgIpc) is 3.32. The third-order valence-electron chi connectivity index (χ3n) is 4.78. The molecule has 2 aromatic rings. The normalized spacial score (nSPS) is 16.1. The van der Waals surface area contributed by atoms with Gasteiger partial charge in [0.1, 0.15) is 11.4 Å². The molecule has 2 aliphatic rings. The molecule has 9 heteroatoms. The van der Waals surface area contributed by atoms with E-state index >= 15 is 0 Å². The average molecular weight is 389 g/mol. The van der Waals surface area contributed by atoms with E-state index in [4.69, 9.17) is 4.74 Å². The van der Waals surface area contributed by atoms with Crippen molar-refractivity contribution in [1.82, 2.24) is 9.97 Å². The van der Waals surface area contributed by atoms with Gasteiger partial charge in [-0.25, -0.2) is 13.4 Å². The van der Waals surface area contributed by atoms with Crippen molar-refractivity contribution >= 4 is 27.5 Å². The lowest BCUT2D eigenvalue weighted by molar-refractivity contribution is 0.356. The van der Waals surface area contributed by atoms with Gasteiger partial charge in [-0.15, -0.1) is 0 Å². The molecule has 0 bridgehead atoms. The van der Waals surface area contributed by atoms with E-state index in [1.54, 1.807) is 29.3 Å². The maximum atomic E-state index is 12.9. The molecule has 144 valence electrons. The number of hydrogen-bond acceptors (Lipinski definition) is 7. The summed E-state index contributed by atoms with van der Waals surface area (Å²) >= 11 is 0. The number of fused-ring (bicyclic) bond motifs is 1. The van der Waals surface area contributed by atoms with Gasteiger partial charge in [-0.05, 0) is 36.6 Å². The van der Waals surface area contributed by atoms with Crippen molar-refractivity contribution in [2.75, 3.05) is 48.3 Å². The number of aromatic nitrogens is 2. The van der Waals surface area contributed by atoms with Gasteiger partial charge < -0.3 is 14.5 Å². The van der Waals surface area contributed by atoms with E-state index in [0.717, 1.165) is 43.7 Å². The summed E-state index contributed by atoms with van der Waals surface area (Å²) in [6.45, 7) is 2.44. The smallest absolute Gasteiger partial charge is 0.262 e. The quantitative estimate of drug-likeness (QED) is 0.835. The SMILES string of the molecule is CN(C)c1nc(N2CCCC2)ncc1NS(=O)(=O)c1ccc2c(c1)CCO2. The van der Waals surface area contributed by atoms with Crippen LogP contribution in [0.2, 0.25) is 0 Å². The zero-order valence-corrected chi connectivity index (χ0v) is 16.3. The molecule has 8 nitrogen and oxygen atoms in total. The topological polar surface area (TPSA) is 87.7 Å². The number of ether oxygens (including phenoxy) is 1. The minimum absolute atomic E-state index is 0.208. The predicted molar refractivity (Wildman–Crippen MR) is 104 cm³/mol. The highest BCUT2D eigenvalue weighted by Crippen LogP contribution is 2.30. The fraction of sp³-hybridized carbons (Fsp3) is 0.444. The number of nitrogens with zero attached hydrogens (tertiary/aromatic N) is 4. The Balaban J connectivity index is 1.64. The van der Waals surface area contributed by atoms with Crippen molar-refractivity contribution in [3.8, 4) is 5.75 Å². The van der Waals surface area contributed by atoms with Crippen LogP contribution in [0, 0.1) is 0 Å². The van der Waals surface area contributed by atoms with E-state index in [-0.39, 0.29) is 4.90 Å². The maximum Gasteiger partial charge on any atom is 0.262 e. The molecule has 1 fully saturated rings. The van der Waals surface area contributed by atoms with Gasteiger partial charge in [-0.1, -0.05) is 0 Å². The highest BCUT2D eigenvalue weighted by molar-refractivity contribution is 7.92. The molecule has 1 aromatic heterocycles. The minimum Gasteiger partial charge on any atom is -0.493 e. The van der Waals surface area contributed by atoms with E-state index in [9.17, 15) is 8.42 Å². The molecule has 1 aromatic carbocycles. The summed E-state index contributed by atoms with van der Waals surface area (Å²) in [5, 5.41) is 0. The van der Waals surface area contributed by atoms with Crippen LogP contribution in [-0.4, -0.2) is 52.2 Å². The Bertz CT molecular complexity index is 955. The summed E-state index contributed by atoms with van der Waals surface area (Å²) < 4.78 is 33.9. The molecule has 2 aliphatic heterocycles. The van der Waals surface area contributed by atoms with Crippen molar-refractivity contribution in [2.24, 2.45) is 0 Å². The molecule has 0 radical (unpaired) electrons. The lowest BCUT2D eigenvalue weighted by Gasteiger charge is -2.21. The van der Waals surface area contributed by atoms with Crippen molar-refractivity contribution in [1.29, 1.82) is 0 Å². The summed E-state index contributed by atoms with van der Waals surface area (Å²) in [7, 11) is -0.0807. The molecule has 0 unspecified atom stereocenters. The molecule has 4 rings (SSSR count). The zero-order chi connectivity index (χ0) is 19.0. The predicted octanol–water partition coefficient (Wildman–Crippen LogP) is 1.88. The van der Waals surface area contributed by atoms with Crippen molar-refractivity contribution in [2.45, 2.75) is 24.2 Å². The van der Waals surface area contributed by atoms with Crippen LogP contribution >= 0.6 is 0 Å². The first-order chi connectivity index (χ1) is 12.9. The molecular formula is C18H23N5O3S. The summed E-state index contributed by atoms with van der Waals surface area (Å²) in [6.07, 6.45) is 4.51. The van der Waals surface area contributed by atoms with E-state index in [0.29, 0.717) is 24.1 Å². The van der Waals surface area contributed by atoms with Crippen LogP contribution in [-0.2, 0) is 16.4 Å². The van der Waals surface area contributed by atoms with Crippen molar-refractivity contribution < 1.29 is 13.2 Å². The third-order valence-corrected chi connectivity index (χ3v) is 6.15. The fourth-order valence-corrected chi connectivity index (χ4v) is 4.48. The van der Waals surface area contributed by atoms with Crippen molar-refractivity contribution in [3.05, 3.63) is 30.0 Å². The lowest BCUT2D eigenvalue weighted by atomic mass is 10.2. The van der Waals surface area contributed by atoms with Crippen LogP contribution in [0.15, 0.2) is 29.3 Å². The number of rotatable bonds is 5. The van der Waals surface area contributed by atoms with Gasteiger partial charge in [0.2, 0.25) is 5.95 Å². The van der Waals surface area contributed by atoms with Crippen molar-refractivity contribution in [3.63, 3.8) is 0 Å². The summed E-state index contributed by atoms with van der Waals surface area (Å²) in [4.78, 5) is 13.1. The van der Waals surface area contributed by atoms with Crippen LogP contribution in [0.4, 0.5) is 17.5 Å². The largest absolute Gasteiger partial charge is 0.493 e. The van der Waals surface area contributed by atoms with E-state index in [2.05, 4.69) is 19.6 Å². The van der Waals surface area contributed by atoms with E-state index < -0.39 is 10.0 Å². The van der Waals surface area contributed by atoms with Gasteiger partial charge in [-0.3, -0.25) is 4.72 Å². The molecule has 27 heavy (non-hydrogen) atoms. The summed E-state index contributed by atoms with van der Waals surface area (Å²) in [5.74, 6) is 1.93. The Morgan fingerprint density at radius 3 is 2.74 bits per heavy atom. The zero-order valence-electron chi connectivity index (χ0n) is 15.5. The second-order valence-electron chi connectivity index (χ2n) is 6.97. The molecule has 0 atom stereocenters. The minimum atomic E-state index is -3.75. The Morgan fingerprint density at radius 1 is 1.22 bits per heavy atom. The summed E-state index contributed by atoms with van der Waals surface area (Å²) in [5.41, 5.74) is 1.27. The first kappa shape index (κ1) is 17.8. The van der Waals surface area contributed by atoms with Gasteiger partial charge in [0.25, 0.3) is 10.0 Å². The van der Waals surface area contributed by atoms with Crippen LogP contribution in [0.5, 0.6) is 5.75 Å². The van der Waals surface area contributed by atoms with E-state index in [1.807, 2.05) is 14.1 Å². The Morgan fingerprint density at radius 2 is 2.00 bits per heavy atom. The molecule has 0 spiro atoms. The second-order valence-corrected chi connectivity index (χ2v) is 8.65. The van der Waals surface area contributed by atoms with Crippen LogP contribution in [0.25, 0.3) is 0 Å². The molecule has 1 N–H and O–H groups in total. The van der Waals surface area contributed by atoms with Crippen LogP contribution < -0.4 is 19.3 Å². The highest BCUT2D eigenvalue weighted by atomic mass is 32.2. The molecule has 0 amide bonds. The van der Waals surface area contributed by atoms with Crippen LogP contribution in [0.3, 0.4) is 0 Å². The lowest BCUT2D eigenvalue weighted by Crippen LogP contribution is -2.24. The Labute approximate surface area is 159 Å². The van der Waals surface area contributed by atoms with Gasteiger partial charge >= 0.3 is 0 Å². The molecule has 3 heterocycles. The second kappa shape index (κ2) is 6.88. The standard InChI is InChI=1S/C18H23N5O3S/c1-22(2)17-15(12-19-18(20-17)23-8-3-4-9-23)21-27(24,25)14-5-6-16-13(11-14)7-10-26-16/h5-6,11-12,21H,3-4,7-10H2,1-2H3. The molecular weight excluding hydrogens is 366 g/mol. The number of hydrogen-bond donors (Lipinski definition) is 1. The van der Waals surface area contributed by atoms with E-state index in [1.165, 1.54) is 0 Å².